The first-order valence-electron chi connectivity index (χ1n) is 9.16. The van der Waals surface area contributed by atoms with Gasteiger partial charge in [-0.1, -0.05) is 18.2 Å². The van der Waals surface area contributed by atoms with E-state index in [0.29, 0.717) is 24.8 Å². The van der Waals surface area contributed by atoms with Crippen LogP contribution in [0.25, 0.3) is 0 Å². The second-order valence-corrected chi connectivity index (χ2v) is 6.81. The van der Waals surface area contributed by atoms with Gasteiger partial charge in [-0.2, -0.15) is 0 Å². The Labute approximate surface area is 150 Å². The first-order chi connectivity index (χ1) is 12.1. The van der Waals surface area contributed by atoms with Crippen molar-refractivity contribution in [3.8, 4) is 0 Å². The van der Waals surface area contributed by atoms with Crippen molar-refractivity contribution in [1.82, 2.24) is 15.2 Å². The normalized spacial score (nSPS) is 20.8. The maximum atomic E-state index is 11.9. The van der Waals surface area contributed by atoms with Gasteiger partial charge < -0.3 is 10.2 Å². The molecule has 0 aromatic carbocycles. The summed E-state index contributed by atoms with van der Waals surface area (Å²) in [5.74, 6) is 1.25. The lowest BCUT2D eigenvalue weighted by Crippen LogP contribution is -2.36. The van der Waals surface area contributed by atoms with E-state index >= 15 is 0 Å². The third kappa shape index (κ3) is 5.26. The standard InChI is InChI=1S/C19H30N4O2/c1-4-17(22-12-6-7-19(22)24)10-11-18(5-2)23(21-25)14-16(13-20-3)15-8-9-15/h4-5,10-11,15-16,18,20H,2,6-9,12-14H2,1,3H3/b11-10-,17-4+. The molecule has 1 saturated heterocycles. The third-order valence-electron chi connectivity index (χ3n) is 5.01. The molecule has 25 heavy (non-hydrogen) atoms. The molecule has 1 aliphatic carbocycles. The molecule has 6 heteroatoms. The highest BCUT2D eigenvalue weighted by Crippen LogP contribution is 2.37. The van der Waals surface area contributed by atoms with Gasteiger partial charge in [0.05, 0.1) is 11.3 Å². The minimum Gasteiger partial charge on any atom is -0.319 e. The number of rotatable bonds is 11. The maximum Gasteiger partial charge on any atom is 0.227 e. The number of nitrogens with zero attached hydrogens (tertiary/aromatic N) is 3. The average molecular weight is 346 g/mol. The molecule has 0 aromatic rings. The van der Waals surface area contributed by atoms with Crippen LogP contribution in [0.5, 0.6) is 0 Å². The summed E-state index contributed by atoms with van der Waals surface area (Å²) >= 11 is 0. The van der Waals surface area contributed by atoms with Crippen LogP contribution in [0.4, 0.5) is 0 Å². The zero-order chi connectivity index (χ0) is 18.2. The summed E-state index contributed by atoms with van der Waals surface area (Å²) < 4.78 is 0. The number of likely N-dealkylation sites (tertiary alicyclic amines) is 1. The molecule has 1 aliphatic heterocycles. The fourth-order valence-electron chi connectivity index (χ4n) is 3.42. The van der Waals surface area contributed by atoms with Crippen LogP contribution in [0.3, 0.4) is 0 Å². The van der Waals surface area contributed by atoms with E-state index in [0.717, 1.165) is 25.2 Å². The van der Waals surface area contributed by atoms with Gasteiger partial charge in [0.1, 0.15) is 0 Å². The second kappa shape index (κ2) is 9.51. The quantitative estimate of drug-likeness (QED) is 0.270. The van der Waals surface area contributed by atoms with Crippen LogP contribution in [0, 0.1) is 16.7 Å². The Morgan fingerprint density at radius 1 is 1.52 bits per heavy atom. The van der Waals surface area contributed by atoms with Crippen LogP contribution in [-0.2, 0) is 4.79 Å². The van der Waals surface area contributed by atoms with E-state index in [-0.39, 0.29) is 11.9 Å². The molecule has 6 nitrogen and oxygen atoms in total. The maximum absolute atomic E-state index is 11.9. The largest absolute Gasteiger partial charge is 0.319 e. The Morgan fingerprint density at radius 2 is 2.28 bits per heavy atom. The molecular formula is C19H30N4O2. The summed E-state index contributed by atoms with van der Waals surface area (Å²) in [5.41, 5.74) is 0.870. The summed E-state index contributed by atoms with van der Waals surface area (Å²) in [7, 11) is 1.93. The molecule has 0 spiro atoms. The van der Waals surface area contributed by atoms with Gasteiger partial charge in [0.2, 0.25) is 5.91 Å². The highest BCUT2D eigenvalue weighted by Gasteiger charge is 2.33. The smallest absolute Gasteiger partial charge is 0.227 e. The van der Waals surface area contributed by atoms with Crippen LogP contribution in [0.2, 0.25) is 0 Å². The molecule has 1 N–H and O–H groups in total. The van der Waals surface area contributed by atoms with Crippen molar-refractivity contribution in [2.45, 2.75) is 38.6 Å². The van der Waals surface area contributed by atoms with E-state index in [1.165, 1.54) is 12.8 Å². The minimum atomic E-state index is -0.275. The Kier molecular flexibility index (Phi) is 7.37. The van der Waals surface area contributed by atoms with E-state index in [1.54, 1.807) is 16.0 Å². The van der Waals surface area contributed by atoms with Crippen LogP contribution >= 0.6 is 0 Å². The lowest BCUT2D eigenvalue weighted by Gasteiger charge is -2.26. The molecule has 2 unspecified atom stereocenters. The number of amides is 1. The third-order valence-corrected chi connectivity index (χ3v) is 5.01. The first kappa shape index (κ1) is 19.4. The number of carbonyl (C=O) groups excluding carboxylic acids is 1. The van der Waals surface area contributed by atoms with E-state index in [2.05, 4.69) is 17.2 Å². The molecule has 0 bridgehead atoms. The summed E-state index contributed by atoms with van der Waals surface area (Å²) in [6.45, 7) is 8.02. The number of carbonyl (C=O) groups is 1. The number of nitrogens with one attached hydrogen (secondary N) is 1. The van der Waals surface area contributed by atoms with Gasteiger partial charge in [-0.15, -0.1) is 11.5 Å². The van der Waals surface area contributed by atoms with Crippen molar-refractivity contribution < 1.29 is 4.79 Å². The van der Waals surface area contributed by atoms with E-state index in [4.69, 9.17) is 0 Å². The highest BCUT2D eigenvalue weighted by molar-refractivity contribution is 5.80. The van der Waals surface area contributed by atoms with Crippen molar-refractivity contribution >= 4 is 5.91 Å². The zero-order valence-corrected chi connectivity index (χ0v) is 15.4. The van der Waals surface area contributed by atoms with Gasteiger partial charge in [-0.05, 0) is 57.7 Å². The van der Waals surface area contributed by atoms with E-state index < -0.39 is 0 Å². The van der Waals surface area contributed by atoms with Crippen molar-refractivity contribution in [2.24, 2.45) is 17.1 Å². The number of nitroso groups, excluding NO2 is 1. The van der Waals surface area contributed by atoms with Crippen LogP contribution < -0.4 is 5.32 Å². The molecule has 1 heterocycles. The topological polar surface area (TPSA) is 65.0 Å². The Hall–Kier alpha value is -1.95. The van der Waals surface area contributed by atoms with Crippen molar-refractivity contribution in [2.75, 3.05) is 26.7 Å². The van der Waals surface area contributed by atoms with Crippen molar-refractivity contribution in [3.63, 3.8) is 0 Å². The van der Waals surface area contributed by atoms with Gasteiger partial charge >= 0.3 is 0 Å². The monoisotopic (exact) mass is 346 g/mol. The number of hydrogen-bond acceptors (Lipinski definition) is 4. The summed E-state index contributed by atoms with van der Waals surface area (Å²) in [6.07, 6.45) is 11.4. The van der Waals surface area contributed by atoms with Gasteiger partial charge in [-0.25, -0.2) is 5.01 Å². The van der Waals surface area contributed by atoms with Crippen LogP contribution in [0.1, 0.15) is 32.6 Å². The lowest BCUT2D eigenvalue weighted by molar-refractivity contribution is -0.125. The second-order valence-electron chi connectivity index (χ2n) is 6.81. The molecule has 2 aliphatic rings. The van der Waals surface area contributed by atoms with Crippen LogP contribution in [0.15, 0.2) is 41.9 Å². The van der Waals surface area contributed by atoms with Gasteiger partial charge in [-0.3, -0.25) is 4.79 Å². The van der Waals surface area contributed by atoms with E-state index in [9.17, 15) is 9.70 Å². The summed E-state index contributed by atoms with van der Waals surface area (Å²) in [4.78, 5) is 25.1. The van der Waals surface area contributed by atoms with Gasteiger partial charge in [0, 0.05) is 25.2 Å². The predicted molar refractivity (Wildman–Crippen MR) is 100 cm³/mol. The fraction of sp³-hybridized carbons (Fsp3) is 0.632. The van der Waals surface area contributed by atoms with Gasteiger partial charge in [0.25, 0.3) is 0 Å². The molecule has 138 valence electrons. The minimum absolute atomic E-state index is 0.154. The Bertz CT molecular complexity index is 540. The molecule has 1 saturated carbocycles. The Balaban J connectivity index is 2.03. The average Bonchev–Trinajstić information content (AvgIpc) is 3.38. The summed E-state index contributed by atoms with van der Waals surface area (Å²) in [5, 5.41) is 8.01. The fourth-order valence-corrected chi connectivity index (χ4v) is 3.42. The molecular weight excluding hydrogens is 316 g/mol. The highest BCUT2D eigenvalue weighted by atomic mass is 16.3. The lowest BCUT2D eigenvalue weighted by atomic mass is 10.0. The van der Waals surface area contributed by atoms with E-state index in [1.807, 2.05) is 32.2 Å². The molecule has 1 amide bonds. The predicted octanol–water partition coefficient (Wildman–Crippen LogP) is 2.85. The molecule has 0 radical (unpaired) electrons. The molecule has 2 fully saturated rings. The van der Waals surface area contributed by atoms with Crippen molar-refractivity contribution in [1.29, 1.82) is 0 Å². The van der Waals surface area contributed by atoms with Crippen molar-refractivity contribution in [3.05, 3.63) is 41.5 Å². The molecule has 2 atom stereocenters. The molecule has 2 rings (SSSR count). The Morgan fingerprint density at radius 3 is 2.76 bits per heavy atom. The molecule has 0 aromatic heterocycles. The summed E-state index contributed by atoms with van der Waals surface area (Å²) in [6, 6.07) is -0.275. The number of hydrogen-bond donors (Lipinski definition) is 1. The van der Waals surface area contributed by atoms with Gasteiger partial charge in [0.15, 0.2) is 0 Å². The zero-order valence-electron chi connectivity index (χ0n) is 15.4. The SMILES string of the molecule is C=CC(/C=C\C(=C/C)N1CCCC1=O)N(CC(CNC)C1CC1)N=O. The first-order valence-corrected chi connectivity index (χ1v) is 9.16. The van der Waals surface area contributed by atoms with Crippen LogP contribution in [-0.4, -0.2) is 48.5 Å². The number of allylic oxidation sites excluding steroid dienone is 2.